The predicted octanol–water partition coefficient (Wildman–Crippen LogP) is 1.47. The number of hydrogen-bond donors (Lipinski definition) is 2. The first kappa shape index (κ1) is 13.9. The van der Waals surface area contributed by atoms with E-state index in [1.165, 1.54) is 12.8 Å². The summed E-state index contributed by atoms with van der Waals surface area (Å²) in [5, 5.41) is 12.9. The Hall–Kier alpha value is -0.120. The highest BCUT2D eigenvalue weighted by molar-refractivity contribution is 4.86. The molecule has 1 atom stereocenters. The van der Waals surface area contributed by atoms with Crippen molar-refractivity contribution in [2.24, 2.45) is 5.92 Å². The lowest BCUT2D eigenvalue weighted by Crippen LogP contribution is -2.47. The Kier molecular flexibility index (Phi) is 5.73. The zero-order valence-electron chi connectivity index (χ0n) is 11.2. The van der Waals surface area contributed by atoms with Gasteiger partial charge in [0.25, 0.3) is 0 Å². The van der Waals surface area contributed by atoms with E-state index in [1.807, 2.05) is 0 Å². The lowest BCUT2D eigenvalue weighted by Gasteiger charge is -2.31. The first-order valence-electron chi connectivity index (χ1n) is 6.63. The standard InChI is InChI=1S/C13H28N2O/c1-10(2)7-15(11(3)4)8-13(9-16)14-12-5-6-12/h10-14,16H,5-9H2,1-4H3. The fourth-order valence-electron chi connectivity index (χ4n) is 1.99. The second kappa shape index (κ2) is 6.58. The van der Waals surface area contributed by atoms with Gasteiger partial charge in [0.05, 0.1) is 6.61 Å². The molecule has 96 valence electrons. The molecule has 0 aromatic carbocycles. The van der Waals surface area contributed by atoms with Gasteiger partial charge in [-0.1, -0.05) is 13.8 Å². The Balaban J connectivity index is 2.36. The van der Waals surface area contributed by atoms with E-state index in [0.29, 0.717) is 18.0 Å². The molecule has 3 heteroatoms. The minimum absolute atomic E-state index is 0.244. The van der Waals surface area contributed by atoms with E-state index in [1.54, 1.807) is 0 Å². The quantitative estimate of drug-likeness (QED) is 0.660. The summed E-state index contributed by atoms with van der Waals surface area (Å²) in [7, 11) is 0. The molecule has 0 heterocycles. The van der Waals surface area contributed by atoms with Gasteiger partial charge in [0.1, 0.15) is 0 Å². The zero-order chi connectivity index (χ0) is 12.1. The van der Waals surface area contributed by atoms with Crippen LogP contribution in [0, 0.1) is 5.92 Å². The average Bonchev–Trinajstić information content (AvgIpc) is 2.98. The highest BCUT2D eigenvalue weighted by atomic mass is 16.3. The second-order valence-corrected chi connectivity index (χ2v) is 5.76. The van der Waals surface area contributed by atoms with Crippen molar-refractivity contribution < 1.29 is 5.11 Å². The summed E-state index contributed by atoms with van der Waals surface area (Å²) in [5.74, 6) is 0.683. The first-order valence-corrected chi connectivity index (χ1v) is 6.63. The van der Waals surface area contributed by atoms with Gasteiger partial charge in [-0.25, -0.2) is 0 Å². The van der Waals surface area contributed by atoms with Crippen molar-refractivity contribution in [1.82, 2.24) is 10.2 Å². The molecule has 0 radical (unpaired) electrons. The lowest BCUT2D eigenvalue weighted by atomic mass is 10.1. The topological polar surface area (TPSA) is 35.5 Å². The van der Waals surface area contributed by atoms with Crippen molar-refractivity contribution in [3.63, 3.8) is 0 Å². The van der Waals surface area contributed by atoms with Gasteiger partial charge in [0.15, 0.2) is 0 Å². The van der Waals surface area contributed by atoms with Gasteiger partial charge in [0, 0.05) is 31.2 Å². The molecule has 2 N–H and O–H groups in total. The molecule has 0 aromatic heterocycles. The largest absolute Gasteiger partial charge is 0.395 e. The Morgan fingerprint density at radius 1 is 1.19 bits per heavy atom. The molecule has 0 aromatic rings. The highest BCUT2D eigenvalue weighted by Gasteiger charge is 2.25. The van der Waals surface area contributed by atoms with E-state index in [-0.39, 0.29) is 12.6 Å². The maximum absolute atomic E-state index is 9.38. The highest BCUT2D eigenvalue weighted by Crippen LogP contribution is 2.19. The Labute approximate surface area is 100 Å². The van der Waals surface area contributed by atoms with Crippen LogP contribution in [0.15, 0.2) is 0 Å². The van der Waals surface area contributed by atoms with Crippen molar-refractivity contribution in [2.45, 2.75) is 58.7 Å². The van der Waals surface area contributed by atoms with Gasteiger partial charge in [-0.15, -0.1) is 0 Å². The molecule has 1 fully saturated rings. The molecule has 3 nitrogen and oxygen atoms in total. The van der Waals surface area contributed by atoms with Crippen LogP contribution in [-0.4, -0.2) is 47.8 Å². The van der Waals surface area contributed by atoms with E-state index in [2.05, 4.69) is 37.9 Å². The SMILES string of the molecule is CC(C)CN(CC(CO)NC1CC1)C(C)C. The number of hydrogen-bond acceptors (Lipinski definition) is 3. The third-order valence-corrected chi connectivity index (χ3v) is 3.05. The monoisotopic (exact) mass is 228 g/mol. The van der Waals surface area contributed by atoms with Crippen molar-refractivity contribution in [3.05, 3.63) is 0 Å². The van der Waals surface area contributed by atoms with Gasteiger partial charge < -0.3 is 10.4 Å². The normalized spacial score (nSPS) is 18.8. The average molecular weight is 228 g/mol. The van der Waals surface area contributed by atoms with Crippen LogP contribution in [0.2, 0.25) is 0 Å². The molecule has 1 rings (SSSR count). The minimum atomic E-state index is 0.244. The minimum Gasteiger partial charge on any atom is -0.395 e. The molecule has 16 heavy (non-hydrogen) atoms. The third-order valence-electron chi connectivity index (χ3n) is 3.05. The van der Waals surface area contributed by atoms with Crippen LogP contribution in [0.4, 0.5) is 0 Å². The maximum Gasteiger partial charge on any atom is 0.0597 e. The van der Waals surface area contributed by atoms with Crippen molar-refractivity contribution in [1.29, 1.82) is 0 Å². The Morgan fingerprint density at radius 2 is 1.81 bits per heavy atom. The summed E-state index contributed by atoms with van der Waals surface area (Å²) in [6.07, 6.45) is 2.56. The summed E-state index contributed by atoms with van der Waals surface area (Å²) < 4.78 is 0. The summed E-state index contributed by atoms with van der Waals surface area (Å²) >= 11 is 0. The molecule has 0 saturated heterocycles. The number of aliphatic hydroxyl groups is 1. The Morgan fingerprint density at radius 3 is 2.19 bits per heavy atom. The van der Waals surface area contributed by atoms with E-state index in [0.717, 1.165) is 13.1 Å². The maximum atomic E-state index is 9.38. The van der Waals surface area contributed by atoms with Gasteiger partial charge in [-0.3, -0.25) is 4.90 Å². The summed E-state index contributed by atoms with van der Waals surface area (Å²) in [6.45, 7) is 11.3. The van der Waals surface area contributed by atoms with Gasteiger partial charge >= 0.3 is 0 Å². The van der Waals surface area contributed by atoms with Gasteiger partial charge in [-0.05, 0) is 32.6 Å². The van der Waals surface area contributed by atoms with E-state index >= 15 is 0 Å². The molecular weight excluding hydrogens is 200 g/mol. The molecule has 0 spiro atoms. The van der Waals surface area contributed by atoms with Crippen LogP contribution < -0.4 is 5.32 Å². The predicted molar refractivity (Wildman–Crippen MR) is 68.6 cm³/mol. The number of nitrogens with zero attached hydrogens (tertiary/aromatic N) is 1. The van der Waals surface area contributed by atoms with E-state index in [4.69, 9.17) is 0 Å². The van der Waals surface area contributed by atoms with Crippen LogP contribution in [0.1, 0.15) is 40.5 Å². The molecule has 1 unspecified atom stereocenters. The van der Waals surface area contributed by atoms with Crippen LogP contribution in [0.3, 0.4) is 0 Å². The van der Waals surface area contributed by atoms with Crippen LogP contribution in [-0.2, 0) is 0 Å². The third kappa shape index (κ3) is 5.28. The van der Waals surface area contributed by atoms with Crippen LogP contribution >= 0.6 is 0 Å². The zero-order valence-corrected chi connectivity index (χ0v) is 11.2. The smallest absolute Gasteiger partial charge is 0.0597 e. The molecule has 1 aliphatic rings. The number of nitrogens with one attached hydrogen (secondary N) is 1. The molecule has 0 bridgehead atoms. The van der Waals surface area contributed by atoms with Crippen molar-refractivity contribution in [2.75, 3.05) is 19.7 Å². The van der Waals surface area contributed by atoms with Crippen LogP contribution in [0.25, 0.3) is 0 Å². The second-order valence-electron chi connectivity index (χ2n) is 5.76. The van der Waals surface area contributed by atoms with Gasteiger partial charge in [-0.2, -0.15) is 0 Å². The number of rotatable bonds is 8. The first-order chi connectivity index (χ1) is 7.52. The lowest BCUT2D eigenvalue weighted by molar-refractivity contribution is 0.144. The summed E-state index contributed by atoms with van der Waals surface area (Å²) in [6, 6.07) is 1.47. The van der Waals surface area contributed by atoms with E-state index < -0.39 is 0 Å². The Bertz CT molecular complexity index is 190. The molecule has 0 aliphatic heterocycles. The fourth-order valence-corrected chi connectivity index (χ4v) is 1.99. The van der Waals surface area contributed by atoms with E-state index in [9.17, 15) is 5.11 Å². The fraction of sp³-hybridized carbons (Fsp3) is 1.00. The number of aliphatic hydroxyl groups excluding tert-OH is 1. The summed E-state index contributed by atoms with van der Waals surface area (Å²) in [4.78, 5) is 2.46. The van der Waals surface area contributed by atoms with Gasteiger partial charge in [0.2, 0.25) is 0 Å². The van der Waals surface area contributed by atoms with Crippen molar-refractivity contribution >= 4 is 0 Å². The summed E-state index contributed by atoms with van der Waals surface area (Å²) in [5.41, 5.74) is 0. The molecular formula is C13H28N2O. The molecule has 1 aliphatic carbocycles. The molecule has 1 saturated carbocycles. The van der Waals surface area contributed by atoms with Crippen LogP contribution in [0.5, 0.6) is 0 Å². The van der Waals surface area contributed by atoms with Crippen molar-refractivity contribution in [3.8, 4) is 0 Å². The molecule has 0 amide bonds.